The Bertz CT molecular complexity index is 1850. The Morgan fingerprint density at radius 1 is 0.583 bits per heavy atom. The van der Waals surface area contributed by atoms with E-state index in [2.05, 4.69) is 114 Å². The molecule has 0 aliphatic carbocycles. The monoisotopic (exact) mass is 648 g/mol. The fraction of sp³-hybridized carbons (Fsp3) is 0.524. The highest BCUT2D eigenvalue weighted by atomic mass is 14.9. The number of aromatic amines is 2. The Kier molecular flexibility index (Phi) is 11.8. The van der Waals surface area contributed by atoms with Gasteiger partial charge in [-0.05, 0) is 148 Å². The first-order valence-corrected chi connectivity index (χ1v) is 18.8. The van der Waals surface area contributed by atoms with Crippen molar-refractivity contribution in [2.45, 2.75) is 133 Å². The zero-order valence-electron chi connectivity index (χ0n) is 31.4. The number of fused-ring (bicyclic) bond motifs is 8. The van der Waals surface area contributed by atoms with Gasteiger partial charge in [-0.1, -0.05) is 54.4 Å². The molecule has 4 N–H and O–H groups in total. The average molecular weight is 649 g/mol. The summed E-state index contributed by atoms with van der Waals surface area (Å²) in [6, 6.07) is 9.66. The molecule has 3 aromatic rings. The SMILES string of the molecule is CCCCNC(CC)C1=C(C)c2cc3[nH]c(cc4nc(cc5[nH]c(cc1n2)c(C(CC)NCCCC)c5C)C(CC)=C4C)c(CC)c3C. The van der Waals surface area contributed by atoms with Crippen molar-refractivity contribution in [1.29, 1.82) is 0 Å². The molecule has 0 radical (unpaired) electrons. The molecule has 0 spiro atoms. The smallest absolute Gasteiger partial charge is 0.0709 e. The van der Waals surface area contributed by atoms with Gasteiger partial charge < -0.3 is 20.6 Å². The van der Waals surface area contributed by atoms with Crippen molar-refractivity contribution in [3.63, 3.8) is 0 Å². The van der Waals surface area contributed by atoms with Crippen LogP contribution in [-0.2, 0) is 6.42 Å². The second-order valence-electron chi connectivity index (χ2n) is 13.8. The van der Waals surface area contributed by atoms with Gasteiger partial charge in [0.2, 0.25) is 0 Å². The highest BCUT2D eigenvalue weighted by molar-refractivity contribution is 5.96. The van der Waals surface area contributed by atoms with E-state index in [1.807, 2.05) is 0 Å². The first-order valence-electron chi connectivity index (χ1n) is 18.8. The molecule has 258 valence electrons. The first-order chi connectivity index (χ1) is 23.2. The van der Waals surface area contributed by atoms with Crippen LogP contribution in [0.2, 0.25) is 0 Å². The van der Waals surface area contributed by atoms with Gasteiger partial charge in [-0.2, -0.15) is 0 Å². The molecule has 48 heavy (non-hydrogen) atoms. The number of hydrogen-bond acceptors (Lipinski definition) is 4. The Morgan fingerprint density at radius 3 is 1.75 bits per heavy atom. The van der Waals surface area contributed by atoms with E-state index in [9.17, 15) is 0 Å². The molecule has 5 heterocycles. The minimum Gasteiger partial charge on any atom is -0.355 e. The molecule has 0 amide bonds. The highest BCUT2D eigenvalue weighted by Gasteiger charge is 2.26. The van der Waals surface area contributed by atoms with Gasteiger partial charge in [0.25, 0.3) is 0 Å². The number of allylic oxidation sites excluding steroid dienone is 3. The van der Waals surface area contributed by atoms with Gasteiger partial charge >= 0.3 is 0 Å². The van der Waals surface area contributed by atoms with E-state index < -0.39 is 0 Å². The van der Waals surface area contributed by atoms with Crippen molar-refractivity contribution in [2.75, 3.05) is 13.1 Å². The molecule has 0 saturated heterocycles. The molecule has 2 aliphatic heterocycles. The van der Waals surface area contributed by atoms with Gasteiger partial charge in [-0.25, -0.2) is 9.97 Å². The molecule has 6 heteroatoms. The van der Waals surface area contributed by atoms with E-state index >= 15 is 0 Å². The third-order valence-corrected chi connectivity index (χ3v) is 10.7. The predicted octanol–water partition coefficient (Wildman–Crippen LogP) is 10.8. The highest BCUT2D eigenvalue weighted by Crippen LogP contribution is 2.38. The molecule has 5 rings (SSSR count). The lowest BCUT2D eigenvalue weighted by molar-refractivity contribution is 0.509. The number of nitrogens with one attached hydrogen (secondary N) is 4. The number of aryl methyl sites for hydroxylation is 3. The van der Waals surface area contributed by atoms with Crippen LogP contribution in [0.5, 0.6) is 0 Å². The van der Waals surface area contributed by atoms with Crippen molar-refractivity contribution in [2.24, 2.45) is 0 Å². The third-order valence-electron chi connectivity index (χ3n) is 10.7. The molecule has 2 aliphatic rings. The molecule has 0 aromatic carbocycles. The number of unbranched alkanes of at least 4 members (excludes halogenated alkanes) is 2. The van der Waals surface area contributed by atoms with Gasteiger partial charge in [0.05, 0.1) is 22.8 Å². The van der Waals surface area contributed by atoms with E-state index in [0.717, 1.165) is 83.6 Å². The van der Waals surface area contributed by atoms with Crippen LogP contribution >= 0.6 is 0 Å². The quantitative estimate of drug-likeness (QED) is 0.131. The molecule has 8 bridgehead atoms. The normalized spacial score (nSPS) is 14.7. The molecule has 2 atom stereocenters. The summed E-state index contributed by atoms with van der Waals surface area (Å²) < 4.78 is 0. The third kappa shape index (κ3) is 6.97. The molecule has 6 nitrogen and oxygen atoms in total. The van der Waals surface area contributed by atoms with Crippen LogP contribution in [0.3, 0.4) is 0 Å². The fourth-order valence-electron chi connectivity index (χ4n) is 7.74. The van der Waals surface area contributed by atoms with E-state index in [0.29, 0.717) is 0 Å². The Hall–Kier alpha value is -3.48. The maximum atomic E-state index is 5.44. The Balaban J connectivity index is 1.91. The summed E-state index contributed by atoms with van der Waals surface area (Å²) in [5.41, 5.74) is 19.2. The lowest BCUT2D eigenvalue weighted by Crippen LogP contribution is -2.30. The molecular formula is C42H60N6. The minimum absolute atomic E-state index is 0.233. The molecular weight excluding hydrogens is 589 g/mol. The van der Waals surface area contributed by atoms with Crippen LogP contribution in [0.1, 0.15) is 151 Å². The van der Waals surface area contributed by atoms with Crippen LogP contribution < -0.4 is 10.6 Å². The number of rotatable bonds is 14. The summed E-state index contributed by atoms with van der Waals surface area (Å²) in [6.45, 7) is 24.6. The van der Waals surface area contributed by atoms with Crippen molar-refractivity contribution >= 4 is 44.4 Å². The van der Waals surface area contributed by atoms with E-state index in [1.54, 1.807) is 0 Å². The zero-order chi connectivity index (χ0) is 34.5. The van der Waals surface area contributed by atoms with Crippen molar-refractivity contribution in [3.05, 3.63) is 69.3 Å². The van der Waals surface area contributed by atoms with Crippen LogP contribution in [0.15, 0.2) is 24.3 Å². The van der Waals surface area contributed by atoms with Gasteiger partial charge in [0.1, 0.15) is 0 Å². The lowest BCUT2D eigenvalue weighted by atomic mass is 9.95. The van der Waals surface area contributed by atoms with E-state index in [1.165, 1.54) is 70.2 Å². The lowest BCUT2D eigenvalue weighted by Gasteiger charge is -2.20. The molecule has 0 saturated carbocycles. The summed E-state index contributed by atoms with van der Waals surface area (Å²) in [4.78, 5) is 18.4. The second kappa shape index (κ2) is 15.8. The van der Waals surface area contributed by atoms with Gasteiger partial charge in [0, 0.05) is 34.2 Å². The molecule has 0 fully saturated rings. The molecule has 3 aromatic heterocycles. The summed E-state index contributed by atoms with van der Waals surface area (Å²) in [5.74, 6) is 0. The summed E-state index contributed by atoms with van der Waals surface area (Å²) in [6.07, 6.45) is 8.61. The first kappa shape index (κ1) is 35.8. The van der Waals surface area contributed by atoms with Crippen molar-refractivity contribution < 1.29 is 0 Å². The van der Waals surface area contributed by atoms with Crippen LogP contribution in [0.25, 0.3) is 44.4 Å². The van der Waals surface area contributed by atoms with Crippen molar-refractivity contribution in [1.82, 2.24) is 30.6 Å². The van der Waals surface area contributed by atoms with Gasteiger partial charge in [-0.15, -0.1) is 0 Å². The maximum Gasteiger partial charge on any atom is 0.0709 e. The topological polar surface area (TPSA) is 81.4 Å². The summed E-state index contributed by atoms with van der Waals surface area (Å²) >= 11 is 0. The second-order valence-corrected chi connectivity index (χ2v) is 13.8. The number of hydrogen-bond donors (Lipinski definition) is 4. The summed E-state index contributed by atoms with van der Waals surface area (Å²) in [7, 11) is 0. The zero-order valence-corrected chi connectivity index (χ0v) is 31.4. The number of aromatic nitrogens is 4. The van der Waals surface area contributed by atoms with E-state index in [4.69, 9.17) is 9.97 Å². The van der Waals surface area contributed by atoms with Crippen LogP contribution in [-0.4, -0.2) is 39.1 Å². The number of nitrogens with zero attached hydrogens (tertiary/aromatic N) is 2. The van der Waals surface area contributed by atoms with E-state index in [-0.39, 0.29) is 12.1 Å². The standard InChI is InChI=1S/C42H60N6/c1-11-17-19-43-31(15-5)41-27(9)35-21-33-25(7)29(13-3)37(45-33)22-34-26(8)30(14-4)38(46-34)23-36-28(10)42(32(16-6)44-20-18-12-2)40(48-36)24-39(41)47-35/h21-24,31-32,43-45,48H,11-20H2,1-10H3. The van der Waals surface area contributed by atoms with Gasteiger partial charge in [0.15, 0.2) is 0 Å². The molecule has 2 unspecified atom stereocenters. The van der Waals surface area contributed by atoms with Crippen LogP contribution in [0, 0.1) is 13.8 Å². The van der Waals surface area contributed by atoms with Crippen molar-refractivity contribution in [3.8, 4) is 0 Å². The summed E-state index contributed by atoms with van der Waals surface area (Å²) in [5, 5.41) is 7.80. The average Bonchev–Trinajstić information content (AvgIpc) is 3.74. The van der Waals surface area contributed by atoms with Gasteiger partial charge in [-0.3, -0.25) is 0 Å². The van der Waals surface area contributed by atoms with Crippen LogP contribution in [0.4, 0.5) is 0 Å². The Labute approximate surface area is 289 Å². The predicted molar refractivity (Wildman–Crippen MR) is 208 cm³/mol. The Morgan fingerprint density at radius 2 is 1.12 bits per heavy atom. The fourth-order valence-corrected chi connectivity index (χ4v) is 7.74. The minimum atomic E-state index is 0.233. The maximum absolute atomic E-state index is 5.44. The number of H-pyrrole nitrogens is 2. The largest absolute Gasteiger partial charge is 0.355 e.